The van der Waals surface area contributed by atoms with Crippen molar-refractivity contribution in [2.24, 2.45) is 0 Å². The minimum Gasteiger partial charge on any atom is -0.466 e. The molecule has 0 amide bonds. The van der Waals surface area contributed by atoms with Gasteiger partial charge in [-0.15, -0.1) is 0 Å². The lowest BCUT2D eigenvalue weighted by Crippen LogP contribution is -2.24. The van der Waals surface area contributed by atoms with Crippen LogP contribution in [0.4, 0.5) is 0 Å². The van der Waals surface area contributed by atoms with Gasteiger partial charge in [-0.05, 0) is 58.5 Å². The smallest absolute Gasteiger partial charge is 0.305 e. The molecule has 0 aliphatic rings. The van der Waals surface area contributed by atoms with Crippen LogP contribution >= 0.6 is 11.8 Å². The standard InChI is InChI=1S/C49H98N2O4S/c1-5-7-9-11-13-15-17-19-21-23-25-27-29-31-33-38-48(52)54-44-35-40-50(3)42-37-46-56-47-43-51(4)41-36-45-55-49(53)39-34-32-30-28-26-24-22-20-18-16-14-12-10-8-6-2/h5-47H2,1-4H3. The van der Waals surface area contributed by atoms with Crippen LogP contribution in [-0.2, 0) is 19.1 Å². The van der Waals surface area contributed by atoms with Gasteiger partial charge in [0.1, 0.15) is 0 Å². The molecule has 0 N–H and O–H groups in total. The highest BCUT2D eigenvalue weighted by molar-refractivity contribution is 7.99. The molecule has 0 heterocycles. The summed E-state index contributed by atoms with van der Waals surface area (Å²) in [5.74, 6) is 2.27. The molecule has 0 aromatic carbocycles. The zero-order valence-electron chi connectivity index (χ0n) is 38.3. The molecule has 0 atom stereocenters. The maximum Gasteiger partial charge on any atom is 0.305 e. The SMILES string of the molecule is CCCCCCCCCCCCCCCCCC(=O)OCCCN(C)CCCSCCN(C)CCCOC(=O)CCCCCCCCCCCCCCCCC. The minimum atomic E-state index is -0.0190. The molecule has 0 unspecified atom stereocenters. The van der Waals surface area contributed by atoms with Gasteiger partial charge in [0.15, 0.2) is 0 Å². The molecule has 0 saturated carbocycles. The van der Waals surface area contributed by atoms with Gasteiger partial charge >= 0.3 is 11.9 Å². The molecular formula is C49H98N2O4S. The molecule has 0 fully saturated rings. The maximum absolute atomic E-state index is 12.1. The van der Waals surface area contributed by atoms with E-state index in [1.807, 2.05) is 11.8 Å². The summed E-state index contributed by atoms with van der Waals surface area (Å²) in [6, 6.07) is 0. The van der Waals surface area contributed by atoms with E-state index >= 15 is 0 Å². The van der Waals surface area contributed by atoms with E-state index in [0.29, 0.717) is 26.1 Å². The van der Waals surface area contributed by atoms with Crippen molar-refractivity contribution in [2.45, 2.75) is 239 Å². The molecule has 0 bridgehead atoms. The van der Waals surface area contributed by atoms with E-state index in [4.69, 9.17) is 9.47 Å². The van der Waals surface area contributed by atoms with Crippen LogP contribution in [0.3, 0.4) is 0 Å². The van der Waals surface area contributed by atoms with Gasteiger partial charge in [-0.25, -0.2) is 0 Å². The van der Waals surface area contributed by atoms with Crippen molar-refractivity contribution in [2.75, 3.05) is 65.0 Å². The highest BCUT2D eigenvalue weighted by Crippen LogP contribution is 2.16. The summed E-state index contributed by atoms with van der Waals surface area (Å²) in [5.41, 5.74) is 0. The lowest BCUT2D eigenvalue weighted by atomic mass is 10.0. The van der Waals surface area contributed by atoms with Crippen LogP contribution in [0.5, 0.6) is 0 Å². The number of unbranched alkanes of at least 4 members (excludes halogenated alkanes) is 28. The monoisotopic (exact) mass is 811 g/mol. The third-order valence-corrected chi connectivity index (χ3v) is 12.4. The van der Waals surface area contributed by atoms with E-state index in [1.165, 1.54) is 179 Å². The molecule has 56 heavy (non-hydrogen) atoms. The normalized spacial score (nSPS) is 11.6. The number of nitrogens with zero attached hydrogens (tertiary/aromatic N) is 2. The van der Waals surface area contributed by atoms with Crippen molar-refractivity contribution in [1.29, 1.82) is 0 Å². The Hall–Kier alpha value is -0.790. The van der Waals surface area contributed by atoms with Gasteiger partial charge in [0.05, 0.1) is 13.2 Å². The van der Waals surface area contributed by atoms with E-state index < -0.39 is 0 Å². The average molecular weight is 811 g/mol. The topological polar surface area (TPSA) is 59.1 Å². The summed E-state index contributed by atoms with van der Waals surface area (Å²) >= 11 is 2.02. The Morgan fingerprint density at radius 3 is 0.982 bits per heavy atom. The number of esters is 2. The van der Waals surface area contributed by atoms with Crippen molar-refractivity contribution in [1.82, 2.24) is 9.80 Å². The molecule has 334 valence electrons. The van der Waals surface area contributed by atoms with Gasteiger partial charge in [0.2, 0.25) is 0 Å². The predicted molar refractivity (Wildman–Crippen MR) is 247 cm³/mol. The molecule has 6 nitrogen and oxygen atoms in total. The molecule has 0 rings (SSSR count). The Morgan fingerprint density at radius 1 is 0.357 bits per heavy atom. The van der Waals surface area contributed by atoms with Gasteiger partial charge in [-0.2, -0.15) is 11.8 Å². The molecule has 0 aromatic heterocycles. The molecule has 0 spiro atoms. The first-order chi connectivity index (χ1) is 27.5. The van der Waals surface area contributed by atoms with Gasteiger partial charge in [0.25, 0.3) is 0 Å². The fourth-order valence-corrected chi connectivity index (χ4v) is 8.43. The molecule has 7 heteroatoms. The van der Waals surface area contributed by atoms with Crippen LogP contribution in [-0.4, -0.2) is 86.7 Å². The van der Waals surface area contributed by atoms with E-state index in [-0.39, 0.29) is 11.9 Å². The predicted octanol–water partition coefficient (Wildman–Crippen LogP) is 14.4. The zero-order valence-corrected chi connectivity index (χ0v) is 39.2. The Labute approximate surface area is 354 Å². The number of carbonyl (C=O) groups is 2. The molecular weight excluding hydrogens is 713 g/mol. The van der Waals surface area contributed by atoms with E-state index in [2.05, 4.69) is 37.7 Å². The van der Waals surface area contributed by atoms with Gasteiger partial charge in [-0.1, -0.05) is 194 Å². The zero-order chi connectivity index (χ0) is 40.8. The van der Waals surface area contributed by atoms with Gasteiger partial charge in [-0.3, -0.25) is 9.59 Å². The lowest BCUT2D eigenvalue weighted by Gasteiger charge is -2.17. The number of rotatable bonds is 47. The van der Waals surface area contributed by atoms with E-state index in [1.54, 1.807) is 0 Å². The van der Waals surface area contributed by atoms with Gasteiger partial charge in [0, 0.05) is 38.2 Å². The minimum absolute atomic E-state index is 0.0182. The highest BCUT2D eigenvalue weighted by Gasteiger charge is 2.06. The van der Waals surface area contributed by atoms with Crippen LogP contribution in [0.25, 0.3) is 0 Å². The first-order valence-electron chi connectivity index (χ1n) is 24.8. The quantitative estimate of drug-likeness (QED) is 0.0448. The Morgan fingerprint density at radius 2 is 0.643 bits per heavy atom. The summed E-state index contributed by atoms with van der Waals surface area (Å²) < 4.78 is 11.0. The molecule has 0 aliphatic carbocycles. The van der Waals surface area contributed by atoms with Crippen LogP contribution in [0.2, 0.25) is 0 Å². The number of ether oxygens (including phenoxy) is 2. The fraction of sp³-hybridized carbons (Fsp3) is 0.959. The number of hydrogen-bond acceptors (Lipinski definition) is 7. The average Bonchev–Trinajstić information content (AvgIpc) is 3.19. The largest absolute Gasteiger partial charge is 0.466 e. The fourth-order valence-electron chi connectivity index (χ4n) is 7.45. The number of carbonyl (C=O) groups excluding carboxylic acids is 2. The summed E-state index contributed by atoms with van der Waals surface area (Å²) in [6.45, 7) is 9.75. The highest BCUT2D eigenvalue weighted by atomic mass is 32.2. The lowest BCUT2D eigenvalue weighted by molar-refractivity contribution is -0.144. The summed E-state index contributed by atoms with van der Waals surface area (Å²) in [4.78, 5) is 28.9. The van der Waals surface area contributed by atoms with Crippen molar-refractivity contribution in [3.05, 3.63) is 0 Å². The van der Waals surface area contributed by atoms with Crippen molar-refractivity contribution < 1.29 is 19.1 Å². The summed E-state index contributed by atoms with van der Waals surface area (Å²) in [6.07, 6.45) is 44.4. The van der Waals surface area contributed by atoms with Crippen molar-refractivity contribution in [3.8, 4) is 0 Å². The Balaban J connectivity index is 3.39. The maximum atomic E-state index is 12.1. The summed E-state index contributed by atoms with van der Waals surface area (Å²) in [7, 11) is 4.34. The second kappa shape index (κ2) is 46.9. The molecule has 0 saturated heterocycles. The first-order valence-corrected chi connectivity index (χ1v) is 25.9. The van der Waals surface area contributed by atoms with Crippen LogP contribution in [0.1, 0.15) is 239 Å². The number of hydrogen-bond donors (Lipinski definition) is 0. The number of thioether (sulfide) groups is 1. The third-order valence-electron chi connectivity index (χ3n) is 11.3. The van der Waals surface area contributed by atoms with Crippen molar-refractivity contribution >= 4 is 23.7 Å². The van der Waals surface area contributed by atoms with Crippen molar-refractivity contribution in [3.63, 3.8) is 0 Å². The molecule has 0 aliphatic heterocycles. The summed E-state index contributed by atoms with van der Waals surface area (Å²) in [5, 5.41) is 0. The van der Waals surface area contributed by atoms with E-state index in [9.17, 15) is 9.59 Å². The van der Waals surface area contributed by atoms with Gasteiger partial charge < -0.3 is 19.3 Å². The Kier molecular flexibility index (Phi) is 46.2. The van der Waals surface area contributed by atoms with Crippen LogP contribution < -0.4 is 0 Å². The van der Waals surface area contributed by atoms with Crippen LogP contribution in [0.15, 0.2) is 0 Å². The van der Waals surface area contributed by atoms with Crippen LogP contribution in [0, 0.1) is 0 Å². The Bertz CT molecular complexity index is 736. The molecule has 0 aromatic rings. The third kappa shape index (κ3) is 45.9. The first kappa shape index (κ1) is 55.2. The second-order valence-electron chi connectivity index (χ2n) is 17.1. The van der Waals surface area contributed by atoms with E-state index in [0.717, 1.165) is 70.5 Å². The second-order valence-corrected chi connectivity index (χ2v) is 18.3. The molecule has 0 radical (unpaired) electrons.